The lowest BCUT2D eigenvalue weighted by Crippen LogP contribution is -2.43. The lowest BCUT2D eigenvalue weighted by molar-refractivity contribution is 0.179. The van der Waals surface area contributed by atoms with Gasteiger partial charge in [-0.05, 0) is 32.4 Å². The third kappa shape index (κ3) is 3.58. The molecule has 1 N–H and O–H groups in total. The highest BCUT2D eigenvalue weighted by atomic mass is 16.2. The first-order chi connectivity index (χ1) is 11.5. The van der Waals surface area contributed by atoms with Crippen LogP contribution in [0.2, 0.25) is 0 Å². The molecule has 24 heavy (non-hydrogen) atoms. The fourth-order valence-electron chi connectivity index (χ4n) is 2.82. The first-order valence-electron chi connectivity index (χ1n) is 8.51. The molecule has 2 rings (SSSR count). The second-order valence-corrected chi connectivity index (χ2v) is 5.90. The molecule has 1 heterocycles. The van der Waals surface area contributed by atoms with E-state index in [2.05, 4.69) is 17.2 Å². The van der Waals surface area contributed by atoms with Crippen molar-refractivity contribution in [1.29, 1.82) is 0 Å². The van der Waals surface area contributed by atoms with E-state index in [0.29, 0.717) is 29.8 Å². The van der Waals surface area contributed by atoms with E-state index in [-0.39, 0.29) is 17.6 Å². The Morgan fingerprint density at radius 1 is 1.33 bits per heavy atom. The van der Waals surface area contributed by atoms with Gasteiger partial charge in [-0.15, -0.1) is 0 Å². The maximum atomic E-state index is 12.5. The Hall–Kier alpha value is -2.37. The van der Waals surface area contributed by atoms with Crippen LogP contribution in [0, 0.1) is 0 Å². The first kappa shape index (κ1) is 18.0. The number of nitrogens with zero attached hydrogens (tertiary/aromatic N) is 3. The van der Waals surface area contributed by atoms with Crippen LogP contribution in [-0.4, -0.2) is 33.6 Å². The molecule has 1 atom stereocenters. The molecule has 0 radical (unpaired) electrons. The molecule has 1 aromatic heterocycles. The molecular weight excluding hydrogens is 304 g/mol. The number of amides is 2. The van der Waals surface area contributed by atoms with Crippen LogP contribution in [0.3, 0.4) is 0 Å². The van der Waals surface area contributed by atoms with Crippen molar-refractivity contribution in [3.8, 4) is 0 Å². The first-order valence-corrected chi connectivity index (χ1v) is 8.51. The number of carbonyl (C=O) groups excluding carboxylic acids is 1. The fraction of sp³-hybridized carbons (Fsp3) is 0.500. The van der Waals surface area contributed by atoms with Crippen LogP contribution in [0.1, 0.15) is 45.5 Å². The number of hydrogen-bond donors (Lipinski definition) is 1. The van der Waals surface area contributed by atoms with Gasteiger partial charge in [0.2, 0.25) is 0 Å². The van der Waals surface area contributed by atoms with Crippen LogP contribution in [0.15, 0.2) is 29.1 Å². The van der Waals surface area contributed by atoms with Crippen LogP contribution < -0.4 is 10.9 Å². The van der Waals surface area contributed by atoms with Crippen molar-refractivity contribution in [3.63, 3.8) is 0 Å². The smallest absolute Gasteiger partial charge is 0.318 e. The average Bonchev–Trinajstić information content (AvgIpc) is 2.59. The summed E-state index contributed by atoms with van der Waals surface area (Å²) in [4.78, 5) is 31.3. The van der Waals surface area contributed by atoms with Gasteiger partial charge in [-0.1, -0.05) is 25.5 Å². The van der Waals surface area contributed by atoms with E-state index in [4.69, 9.17) is 0 Å². The predicted molar refractivity (Wildman–Crippen MR) is 96.1 cm³/mol. The van der Waals surface area contributed by atoms with E-state index in [1.165, 1.54) is 4.57 Å². The second-order valence-electron chi connectivity index (χ2n) is 5.90. The van der Waals surface area contributed by atoms with Crippen LogP contribution in [0.25, 0.3) is 10.9 Å². The number of hydrogen-bond acceptors (Lipinski definition) is 3. The largest absolute Gasteiger partial charge is 0.338 e. The highest BCUT2D eigenvalue weighted by Gasteiger charge is 2.23. The van der Waals surface area contributed by atoms with Crippen molar-refractivity contribution in [2.24, 2.45) is 7.05 Å². The van der Waals surface area contributed by atoms with Crippen LogP contribution in [-0.2, 0) is 7.05 Å². The monoisotopic (exact) mass is 330 g/mol. The minimum absolute atomic E-state index is 0.0927. The molecule has 2 aromatic rings. The van der Waals surface area contributed by atoms with E-state index in [1.807, 2.05) is 32.0 Å². The Labute approximate surface area is 142 Å². The standard InChI is InChI=1S/C18H26N4O2/c1-5-7-12-19-18(24)22(6-2)13(3)16-20-15-11-9-8-10-14(15)17(23)21(16)4/h8-11,13H,5-7,12H2,1-4H3,(H,19,24). The summed E-state index contributed by atoms with van der Waals surface area (Å²) in [5.74, 6) is 0.589. The normalized spacial score (nSPS) is 12.2. The van der Waals surface area contributed by atoms with Crippen LogP contribution >= 0.6 is 0 Å². The highest BCUT2D eigenvalue weighted by molar-refractivity contribution is 5.78. The van der Waals surface area contributed by atoms with E-state index >= 15 is 0 Å². The van der Waals surface area contributed by atoms with Crippen molar-refractivity contribution in [2.75, 3.05) is 13.1 Å². The minimum Gasteiger partial charge on any atom is -0.338 e. The zero-order valence-electron chi connectivity index (χ0n) is 14.9. The Bertz CT molecular complexity index is 769. The number of para-hydroxylation sites is 1. The zero-order chi connectivity index (χ0) is 17.7. The van der Waals surface area contributed by atoms with Crippen molar-refractivity contribution in [2.45, 2.75) is 39.7 Å². The topological polar surface area (TPSA) is 67.2 Å². The number of nitrogens with one attached hydrogen (secondary N) is 1. The molecule has 2 amide bonds. The molecule has 0 spiro atoms. The molecule has 6 nitrogen and oxygen atoms in total. The molecule has 130 valence electrons. The van der Waals surface area contributed by atoms with Gasteiger partial charge < -0.3 is 10.2 Å². The molecule has 0 fully saturated rings. The van der Waals surface area contributed by atoms with Crippen molar-refractivity contribution in [1.82, 2.24) is 19.8 Å². The summed E-state index contributed by atoms with van der Waals surface area (Å²) in [7, 11) is 1.70. The summed E-state index contributed by atoms with van der Waals surface area (Å²) in [6.45, 7) is 7.11. The number of benzene rings is 1. The van der Waals surface area contributed by atoms with Gasteiger partial charge in [0, 0.05) is 20.1 Å². The van der Waals surface area contributed by atoms with Crippen molar-refractivity contribution >= 4 is 16.9 Å². The minimum atomic E-state index is -0.293. The van der Waals surface area contributed by atoms with E-state index in [1.54, 1.807) is 18.0 Å². The molecule has 0 saturated heterocycles. The number of aromatic nitrogens is 2. The maximum Gasteiger partial charge on any atom is 0.318 e. The summed E-state index contributed by atoms with van der Waals surface area (Å²) in [5, 5.41) is 3.52. The van der Waals surface area contributed by atoms with E-state index in [9.17, 15) is 9.59 Å². The second kappa shape index (κ2) is 7.95. The summed E-state index contributed by atoms with van der Waals surface area (Å²) in [6, 6.07) is 6.87. The predicted octanol–water partition coefficient (Wildman–Crippen LogP) is 2.83. The third-order valence-corrected chi connectivity index (χ3v) is 4.27. The van der Waals surface area contributed by atoms with Crippen molar-refractivity contribution in [3.05, 3.63) is 40.4 Å². The number of unbranched alkanes of at least 4 members (excludes halogenated alkanes) is 1. The van der Waals surface area contributed by atoms with Gasteiger partial charge in [0.15, 0.2) is 0 Å². The third-order valence-electron chi connectivity index (χ3n) is 4.27. The van der Waals surface area contributed by atoms with Gasteiger partial charge in [0.1, 0.15) is 5.82 Å². The number of urea groups is 1. The Balaban J connectivity index is 2.35. The number of rotatable bonds is 6. The maximum absolute atomic E-state index is 12.5. The molecule has 0 saturated carbocycles. The molecule has 6 heteroatoms. The molecule has 0 aliphatic heterocycles. The quantitative estimate of drug-likeness (QED) is 0.828. The molecule has 1 unspecified atom stereocenters. The molecule has 0 bridgehead atoms. The fourth-order valence-corrected chi connectivity index (χ4v) is 2.82. The molecule has 0 aliphatic carbocycles. The van der Waals surface area contributed by atoms with E-state index in [0.717, 1.165) is 12.8 Å². The van der Waals surface area contributed by atoms with Crippen molar-refractivity contribution < 1.29 is 4.79 Å². The number of fused-ring (bicyclic) bond motifs is 1. The lowest BCUT2D eigenvalue weighted by Gasteiger charge is -2.29. The summed E-state index contributed by atoms with van der Waals surface area (Å²) >= 11 is 0. The summed E-state index contributed by atoms with van der Waals surface area (Å²) < 4.78 is 1.54. The van der Waals surface area contributed by atoms with Crippen LogP contribution in [0.4, 0.5) is 4.79 Å². The Morgan fingerprint density at radius 2 is 2.04 bits per heavy atom. The van der Waals surface area contributed by atoms with Crippen LogP contribution in [0.5, 0.6) is 0 Å². The highest BCUT2D eigenvalue weighted by Crippen LogP contribution is 2.19. The molecular formula is C18H26N4O2. The Kier molecular flexibility index (Phi) is 5.95. The summed E-state index contributed by atoms with van der Waals surface area (Å²) in [5.41, 5.74) is 0.565. The zero-order valence-corrected chi connectivity index (χ0v) is 14.9. The lowest BCUT2D eigenvalue weighted by atomic mass is 10.2. The average molecular weight is 330 g/mol. The van der Waals surface area contributed by atoms with Gasteiger partial charge in [-0.3, -0.25) is 9.36 Å². The summed E-state index contributed by atoms with van der Waals surface area (Å²) in [6.07, 6.45) is 1.98. The van der Waals surface area contributed by atoms with Gasteiger partial charge in [0.05, 0.1) is 16.9 Å². The van der Waals surface area contributed by atoms with Gasteiger partial charge >= 0.3 is 6.03 Å². The van der Waals surface area contributed by atoms with Gasteiger partial charge in [0.25, 0.3) is 5.56 Å². The Morgan fingerprint density at radius 3 is 2.71 bits per heavy atom. The molecule has 1 aromatic carbocycles. The van der Waals surface area contributed by atoms with Gasteiger partial charge in [-0.25, -0.2) is 9.78 Å². The number of carbonyl (C=O) groups is 1. The molecule has 0 aliphatic rings. The van der Waals surface area contributed by atoms with Gasteiger partial charge in [-0.2, -0.15) is 0 Å². The van der Waals surface area contributed by atoms with E-state index < -0.39 is 0 Å². The SMILES string of the molecule is CCCCNC(=O)N(CC)C(C)c1nc2ccccc2c(=O)n1C.